The molecule has 1 heterocycles. The number of aromatic nitrogens is 1. The molecule has 1 aromatic heterocycles. The first-order chi connectivity index (χ1) is 17.1. The number of hydrogen-bond acceptors (Lipinski definition) is 1. The molecule has 0 aliphatic rings. The molecular formula is C35H37N. The molecule has 1 heteroatoms. The van der Waals surface area contributed by atoms with Crippen molar-refractivity contribution in [2.75, 3.05) is 0 Å². The van der Waals surface area contributed by atoms with Gasteiger partial charge in [-0.15, -0.1) is 0 Å². The van der Waals surface area contributed by atoms with Crippen molar-refractivity contribution in [1.82, 2.24) is 4.98 Å². The van der Waals surface area contributed by atoms with E-state index in [-0.39, 0.29) is 10.8 Å². The van der Waals surface area contributed by atoms with Crippen LogP contribution in [0.4, 0.5) is 0 Å². The Kier molecular flexibility index (Phi) is 6.20. The Morgan fingerprint density at radius 1 is 0.556 bits per heavy atom. The van der Waals surface area contributed by atoms with Crippen LogP contribution in [0.5, 0.6) is 0 Å². The number of benzene rings is 4. The number of rotatable bonds is 4. The van der Waals surface area contributed by atoms with Gasteiger partial charge in [0.25, 0.3) is 0 Å². The molecule has 0 amide bonds. The van der Waals surface area contributed by atoms with Gasteiger partial charge < -0.3 is 0 Å². The van der Waals surface area contributed by atoms with Crippen LogP contribution in [0.1, 0.15) is 63.9 Å². The first-order valence-corrected chi connectivity index (χ1v) is 13.1. The Balaban J connectivity index is 1.72. The molecule has 4 aromatic carbocycles. The Morgan fingerprint density at radius 3 is 1.69 bits per heavy atom. The summed E-state index contributed by atoms with van der Waals surface area (Å²) < 4.78 is 0. The van der Waals surface area contributed by atoms with Gasteiger partial charge in [-0.05, 0) is 92.2 Å². The third-order valence-electron chi connectivity index (χ3n) is 7.26. The highest BCUT2D eigenvalue weighted by Gasteiger charge is 2.20. The minimum absolute atomic E-state index is 0.0820. The fourth-order valence-corrected chi connectivity index (χ4v) is 4.99. The van der Waals surface area contributed by atoms with Crippen LogP contribution in [0.3, 0.4) is 0 Å². The van der Waals surface area contributed by atoms with Crippen molar-refractivity contribution in [1.29, 1.82) is 0 Å². The zero-order valence-corrected chi connectivity index (χ0v) is 22.5. The highest BCUT2D eigenvalue weighted by molar-refractivity contribution is 6.12. The largest absolute Gasteiger partial charge is 0.253 e. The van der Waals surface area contributed by atoms with Crippen LogP contribution < -0.4 is 0 Å². The van der Waals surface area contributed by atoms with E-state index in [1.165, 1.54) is 43.8 Å². The summed E-state index contributed by atoms with van der Waals surface area (Å²) in [4.78, 5) is 5.24. The molecular weight excluding hydrogens is 434 g/mol. The molecule has 0 bridgehead atoms. The average molecular weight is 472 g/mol. The lowest BCUT2D eigenvalue weighted by Gasteiger charge is -2.23. The quantitative estimate of drug-likeness (QED) is 0.238. The average Bonchev–Trinajstić information content (AvgIpc) is 2.85. The van der Waals surface area contributed by atoms with Crippen LogP contribution >= 0.6 is 0 Å². The van der Waals surface area contributed by atoms with E-state index in [9.17, 15) is 0 Å². The van der Waals surface area contributed by atoms with Crippen LogP contribution in [0.2, 0.25) is 0 Å². The van der Waals surface area contributed by atoms with E-state index in [1.54, 1.807) is 0 Å². The molecule has 0 spiro atoms. The van der Waals surface area contributed by atoms with Gasteiger partial charge in [-0.25, -0.2) is 0 Å². The summed E-state index contributed by atoms with van der Waals surface area (Å²) >= 11 is 0. The van der Waals surface area contributed by atoms with E-state index in [2.05, 4.69) is 133 Å². The molecule has 5 rings (SSSR count). The van der Waals surface area contributed by atoms with Gasteiger partial charge in [0.2, 0.25) is 0 Å². The van der Waals surface area contributed by atoms with Crippen LogP contribution in [0.25, 0.3) is 32.8 Å². The molecule has 1 nitrogen and oxygen atoms in total. The summed E-state index contributed by atoms with van der Waals surface area (Å²) in [5, 5.41) is 5.11. The standard InChI is InChI=1S/C35H37N/c1-34(2,3)27-18-16-25-21-26-17-19-28(35(4,5)6)23-31(26)33(30(25)22-27)32-14-10-13-29(36-32)20-15-24-11-8-7-9-12-24/h7-14,16-19,21-23H,15,20H2,1-6H3. The molecule has 0 radical (unpaired) electrons. The maximum Gasteiger partial charge on any atom is 0.0717 e. The summed E-state index contributed by atoms with van der Waals surface area (Å²) in [6.07, 6.45) is 1.93. The second-order valence-corrected chi connectivity index (χ2v) is 12.1. The van der Waals surface area contributed by atoms with Gasteiger partial charge in [0, 0.05) is 11.3 Å². The number of nitrogens with zero attached hydrogens (tertiary/aromatic N) is 1. The maximum absolute atomic E-state index is 5.24. The summed E-state index contributed by atoms with van der Waals surface area (Å²) in [6.45, 7) is 13.7. The molecule has 182 valence electrons. The number of aryl methyl sites for hydroxylation is 2. The summed E-state index contributed by atoms with van der Waals surface area (Å²) in [7, 11) is 0. The number of fused-ring (bicyclic) bond motifs is 2. The van der Waals surface area contributed by atoms with E-state index in [0.29, 0.717) is 0 Å². The summed E-state index contributed by atoms with van der Waals surface area (Å²) in [6, 6.07) is 33.5. The molecule has 0 aliphatic carbocycles. The van der Waals surface area contributed by atoms with E-state index in [1.807, 2.05) is 0 Å². The second kappa shape index (κ2) is 9.21. The van der Waals surface area contributed by atoms with Crippen molar-refractivity contribution < 1.29 is 0 Å². The second-order valence-electron chi connectivity index (χ2n) is 12.1. The van der Waals surface area contributed by atoms with Crippen LogP contribution in [0, 0.1) is 0 Å². The molecule has 0 aliphatic heterocycles. The molecule has 0 fully saturated rings. The van der Waals surface area contributed by atoms with Crippen molar-refractivity contribution in [2.45, 2.75) is 65.2 Å². The van der Waals surface area contributed by atoms with Gasteiger partial charge in [0.05, 0.1) is 5.69 Å². The molecule has 0 unspecified atom stereocenters. The fraction of sp³-hybridized carbons (Fsp3) is 0.286. The number of hydrogen-bond donors (Lipinski definition) is 0. The van der Waals surface area contributed by atoms with Crippen molar-refractivity contribution in [3.05, 3.63) is 113 Å². The van der Waals surface area contributed by atoms with Crippen LogP contribution in [0.15, 0.2) is 91.0 Å². The Labute approximate surface area is 216 Å². The highest BCUT2D eigenvalue weighted by Crippen LogP contribution is 2.39. The van der Waals surface area contributed by atoms with Crippen molar-refractivity contribution in [3.8, 4) is 11.3 Å². The van der Waals surface area contributed by atoms with E-state index in [4.69, 9.17) is 4.98 Å². The maximum atomic E-state index is 5.24. The van der Waals surface area contributed by atoms with E-state index < -0.39 is 0 Å². The monoisotopic (exact) mass is 471 g/mol. The third kappa shape index (κ3) is 4.93. The van der Waals surface area contributed by atoms with Gasteiger partial charge in [-0.3, -0.25) is 4.98 Å². The minimum atomic E-state index is 0.0820. The van der Waals surface area contributed by atoms with Gasteiger partial charge >= 0.3 is 0 Å². The topological polar surface area (TPSA) is 12.9 Å². The van der Waals surface area contributed by atoms with Gasteiger partial charge in [-0.2, -0.15) is 0 Å². The van der Waals surface area contributed by atoms with Crippen molar-refractivity contribution in [2.24, 2.45) is 0 Å². The highest BCUT2D eigenvalue weighted by atomic mass is 14.7. The first kappa shape index (κ1) is 24.3. The van der Waals surface area contributed by atoms with Crippen molar-refractivity contribution >= 4 is 21.5 Å². The molecule has 5 aromatic rings. The van der Waals surface area contributed by atoms with Gasteiger partial charge in [0.15, 0.2) is 0 Å². The van der Waals surface area contributed by atoms with Crippen molar-refractivity contribution in [3.63, 3.8) is 0 Å². The Hall–Kier alpha value is -3.45. The predicted molar refractivity (Wildman–Crippen MR) is 156 cm³/mol. The smallest absolute Gasteiger partial charge is 0.0717 e. The summed E-state index contributed by atoms with van der Waals surface area (Å²) in [5.41, 5.74) is 7.67. The SMILES string of the molecule is CC(C)(C)c1ccc2cc3ccc(C(C)(C)C)cc3c(-c3cccc(CCc4ccccc4)n3)c2c1. The van der Waals surface area contributed by atoms with Crippen LogP contribution in [-0.2, 0) is 23.7 Å². The Morgan fingerprint density at radius 2 is 1.14 bits per heavy atom. The Bertz CT molecular complexity index is 1460. The minimum Gasteiger partial charge on any atom is -0.253 e. The predicted octanol–water partition coefficient (Wildman–Crippen LogP) is 9.44. The molecule has 0 N–H and O–H groups in total. The lowest BCUT2D eigenvalue weighted by molar-refractivity contribution is 0.591. The normalized spacial score (nSPS) is 12.4. The zero-order chi connectivity index (χ0) is 25.5. The van der Waals surface area contributed by atoms with Gasteiger partial charge in [-0.1, -0.05) is 102 Å². The summed E-state index contributed by atoms with van der Waals surface area (Å²) in [5.74, 6) is 0. The first-order valence-electron chi connectivity index (χ1n) is 13.1. The van der Waals surface area contributed by atoms with Gasteiger partial charge in [0.1, 0.15) is 0 Å². The molecule has 0 saturated heterocycles. The van der Waals surface area contributed by atoms with E-state index in [0.717, 1.165) is 24.2 Å². The number of pyridine rings is 1. The lowest BCUT2D eigenvalue weighted by atomic mass is 9.82. The lowest BCUT2D eigenvalue weighted by Crippen LogP contribution is -2.11. The fourth-order valence-electron chi connectivity index (χ4n) is 4.99. The molecule has 36 heavy (non-hydrogen) atoms. The van der Waals surface area contributed by atoms with E-state index >= 15 is 0 Å². The zero-order valence-electron chi connectivity index (χ0n) is 22.5. The third-order valence-corrected chi connectivity index (χ3v) is 7.26. The van der Waals surface area contributed by atoms with Crippen LogP contribution in [-0.4, -0.2) is 4.98 Å². The molecule has 0 atom stereocenters. The molecule has 0 saturated carbocycles.